The summed E-state index contributed by atoms with van der Waals surface area (Å²) in [5.41, 5.74) is 1.81. The van der Waals surface area contributed by atoms with Gasteiger partial charge in [-0.15, -0.1) is 0 Å². The number of hydrogen-bond acceptors (Lipinski definition) is 4. The summed E-state index contributed by atoms with van der Waals surface area (Å²) < 4.78 is 30.0. The number of nitrogens with one attached hydrogen (secondary N) is 2. The summed E-state index contributed by atoms with van der Waals surface area (Å²) in [6.07, 6.45) is 4.52. The Kier molecular flexibility index (Phi) is 4.47. The van der Waals surface area contributed by atoms with E-state index in [0.29, 0.717) is 17.0 Å². The van der Waals surface area contributed by atoms with Crippen molar-refractivity contribution in [1.82, 2.24) is 24.5 Å². The fourth-order valence-corrected chi connectivity index (χ4v) is 3.81. The largest absolute Gasteiger partial charge is 0.356 e. The molecule has 0 bridgehead atoms. The first-order valence-corrected chi connectivity index (χ1v) is 9.84. The number of H-pyrrole nitrogens is 2. The predicted octanol–water partition coefficient (Wildman–Crippen LogP) is 3.78. The maximum absolute atomic E-state index is 14.3. The highest BCUT2D eigenvalue weighted by molar-refractivity contribution is 6.16. The molecule has 5 aromatic rings. The SMILES string of the molecule is Cc1cc(F)c(C(=O)c2c[nH]c3c(=O)n(Cc4nc5ncc(C)cc5[nH]4)ccc23)c(F)c1. The summed E-state index contributed by atoms with van der Waals surface area (Å²) in [6, 6.07) is 5.68. The van der Waals surface area contributed by atoms with Gasteiger partial charge in [0.2, 0.25) is 5.78 Å². The van der Waals surface area contributed by atoms with Gasteiger partial charge in [0.1, 0.15) is 23.0 Å². The van der Waals surface area contributed by atoms with Crippen LogP contribution in [0.1, 0.15) is 32.9 Å². The van der Waals surface area contributed by atoms with E-state index in [2.05, 4.69) is 19.9 Å². The summed E-state index contributed by atoms with van der Waals surface area (Å²) in [5, 5.41) is 0.289. The zero-order valence-electron chi connectivity index (χ0n) is 17.2. The molecule has 0 aliphatic rings. The van der Waals surface area contributed by atoms with E-state index in [1.165, 1.54) is 23.9 Å². The number of ketones is 1. The highest BCUT2D eigenvalue weighted by Gasteiger charge is 2.23. The van der Waals surface area contributed by atoms with Crippen LogP contribution in [0.4, 0.5) is 8.78 Å². The van der Waals surface area contributed by atoms with Crippen molar-refractivity contribution in [2.24, 2.45) is 0 Å². The topological polar surface area (TPSA) is 96.4 Å². The van der Waals surface area contributed by atoms with Crippen LogP contribution in [0.25, 0.3) is 22.1 Å². The van der Waals surface area contributed by atoms with Crippen molar-refractivity contribution in [3.63, 3.8) is 0 Å². The third-order valence-electron chi connectivity index (χ3n) is 5.32. The first kappa shape index (κ1) is 19.8. The number of fused-ring (bicyclic) bond motifs is 2. The monoisotopic (exact) mass is 433 g/mol. The van der Waals surface area contributed by atoms with Crippen LogP contribution in [-0.4, -0.2) is 30.3 Å². The molecular formula is C23H17F2N5O2. The number of rotatable bonds is 4. The number of aryl methyl sites for hydroxylation is 2. The molecule has 9 heteroatoms. The van der Waals surface area contributed by atoms with Crippen LogP contribution in [-0.2, 0) is 6.54 Å². The molecule has 4 aromatic heterocycles. The number of imidazole rings is 1. The van der Waals surface area contributed by atoms with E-state index in [4.69, 9.17) is 0 Å². The number of pyridine rings is 2. The number of aromatic amines is 2. The van der Waals surface area contributed by atoms with Crippen LogP contribution in [0.2, 0.25) is 0 Å². The Morgan fingerprint density at radius 2 is 1.88 bits per heavy atom. The smallest absolute Gasteiger partial charge is 0.275 e. The fraction of sp³-hybridized carbons (Fsp3) is 0.130. The standard InChI is InChI=1S/C23H17F2N5O2/c1-11-5-15(24)19(16(25)6-11)21(31)14-9-26-20-13(14)3-4-30(23(20)32)10-18-28-17-7-12(2)8-27-22(17)29-18/h3-9,26H,10H2,1-2H3,(H,27,28,29). The first-order chi connectivity index (χ1) is 15.3. The van der Waals surface area contributed by atoms with Gasteiger partial charge in [-0.2, -0.15) is 0 Å². The van der Waals surface area contributed by atoms with Gasteiger partial charge in [0.25, 0.3) is 5.56 Å². The maximum atomic E-state index is 14.3. The number of hydrogen-bond donors (Lipinski definition) is 2. The highest BCUT2D eigenvalue weighted by atomic mass is 19.1. The molecule has 0 amide bonds. The van der Waals surface area contributed by atoms with Crippen molar-refractivity contribution < 1.29 is 13.6 Å². The lowest BCUT2D eigenvalue weighted by molar-refractivity contribution is 0.103. The summed E-state index contributed by atoms with van der Waals surface area (Å²) in [7, 11) is 0. The molecule has 7 nitrogen and oxygen atoms in total. The molecular weight excluding hydrogens is 416 g/mol. The second kappa shape index (κ2) is 7.23. The predicted molar refractivity (Wildman–Crippen MR) is 115 cm³/mol. The van der Waals surface area contributed by atoms with Crippen LogP contribution in [0.5, 0.6) is 0 Å². The Morgan fingerprint density at radius 3 is 2.62 bits per heavy atom. The maximum Gasteiger partial charge on any atom is 0.275 e. The number of carbonyl (C=O) groups excluding carboxylic acids is 1. The molecule has 0 saturated heterocycles. The van der Waals surface area contributed by atoms with Crippen molar-refractivity contribution in [3.05, 3.63) is 92.9 Å². The molecule has 0 atom stereocenters. The molecule has 5 rings (SSSR count). The third kappa shape index (κ3) is 3.18. The molecule has 160 valence electrons. The third-order valence-corrected chi connectivity index (χ3v) is 5.32. The van der Waals surface area contributed by atoms with Crippen LogP contribution in [0, 0.1) is 25.5 Å². The van der Waals surface area contributed by atoms with E-state index < -0.39 is 28.5 Å². The Hall–Kier alpha value is -4.14. The molecule has 0 unspecified atom stereocenters. The number of nitrogens with zero attached hydrogens (tertiary/aromatic N) is 3. The lowest BCUT2D eigenvalue weighted by Gasteiger charge is -2.06. The van der Waals surface area contributed by atoms with E-state index in [9.17, 15) is 18.4 Å². The van der Waals surface area contributed by atoms with Gasteiger partial charge in [-0.3, -0.25) is 9.59 Å². The van der Waals surface area contributed by atoms with E-state index in [0.717, 1.165) is 23.2 Å². The zero-order chi connectivity index (χ0) is 22.6. The second-order valence-corrected chi connectivity index (χ2v) is 7.74. The summed E-state index contributed by atoms with van der Waals surface area (Å²) in [4.78, 5) is 40.4. The minimum absolute atomic E-state index is 0.0225. The van der Waals surface area contributed by atoms with E-state index in [1.807, 2.05) is 13.0 Å². The van der Waals surface area contributed by atoms with Crippen molar-refractivity contribution in [1.29, 1.82) is 0 Å². The average molecular weight is 433 g/mol. The van der Waals surface area contributed by atoms with Crippen molar-refractivity contribution in [2.45, 2.75) is 20.4 Å². The molecule has 0 fully saturated rings. The minimum Gasteiger partial charge on any atom is -0.356 e. The average Bonchev–Trinajstić information content (AvgIpc) is 3.33. The van der Waals surface area contributed by atoms with Gasteiger partial charge in [-0.05, 0) is 49.2 Å². The van der Waals surface area contributed by atoms with Crippen LogP contribution in [0.15, 0.2) is 47.7 Å². The Labute approximate surface area is 179 Å². The first-order valence-electron chi connectivity index (χ1n) is 9.84. The molecule has 0 aliphatic carbocycles. The highest BCUT2D eigenvalue weighted by Crippen LogP contribution is 2.23. The number of halogens is 2. The number of benzene rings is 1. The summed E-state index contributed by atoms with van der Waals surface area (Å²) in [6.45, 7) is 3.62. The number of aromatic nitrogens is 5. The lowest BCUT2D eigenvalue weighted by atomic mass is 10.0. The Bertz CT molecular complexity index is 1570. The van der Waals surface area contributed by atoms with E-state index in [-0.39, 0.29) is 23.0 Å². The van der Waals surface area contributed by atoms with Crippen molar-refractivity contribution in [2.75, 3.05) is 0 Å². The van der Waals surface area contributed by atoms with Crippen molar-refractivity contribution >= 4 is 27.9 Å². The van der Waals surface area contributed by atoms with Gasteiger partial charge in [0.05, 0.1) is 17.6 Å². The molecule has 0 saturated carbocycles. The van der Waals surface area contributed by atoms with Gasteiger partial charge in [0.15, 0.2) is 5.65 Å². The molecule has 2 N–H and O–H groups in total. The van der Waals surface area contributed by atoms with Gasteiger partial charge in [0, 0.05) is 29.5 Å². The summed E-state index contributed by atoms with van der Waals surface area (Å²) in [5.74, 6) is -2.17. The minimum atomic E-state index is -0.941. The molecule has 32 heavy (non-hydrogen) atoms. The second-order valence-electron chi connectivity index (χ2n) is 7.74. The molecule has 0 radical (unpaired) electrons. The fourth-order valence-electron chi connectivity index (χ4n) is 3.81. The van der Waals surface area contributed by atoms with Crippen LogP contribution < -0.4 is 5.56 Å². The zero-order valence-corrected chi connectivity index (χ0v) is 17.2. The molecule has 1 aromatic carbocycles. The van der Waals surface area contributed by atoms with E-state index >= 15 is 0 Å². The Morgan fingerprint density at radius 1 is 1.12 bits per heavy atom. The van der Waals surface area contributed by atoms with Gasteiger partial charge in [-0.25, -0.2) is 18.7 Å². The quantitative estimate of drug-likeness (QED) is 0.422. The van der Waals surface area contributed by atoms with Crippen molar-refractivity contribution in [3.8, 4) is 0 Å². The molecule has 4 heterocycles. The van der Waals surface area contributed by atoms with Gasteiger partial charge in [-0.1, -0.05) is 0 Å². The van der Waals surface area contributed by atoms with Gasteiger partial charge < -0.3 is 14.5 Å². The molecule has 0 aliphatic heterocycles. The summed E-state index contributed by atoms with van der Waals surface area (Å²) >= 11 is 0. The normalized spacial score (nSPS) is 11.5. The lowest BCUT2D eigenvalue weighted by Crippen LogP contribution is -2.20. The van der Waals surface area contributed by atoms with Crippen LogP contribution >= 0.6 is 0 Å². The van der Waals surface area contributed by atoms with Gasteiger partial charge >= 0.3 is 0 Å². The van der Waals surface area contributed by atoms with E-state index in [1.54, 1.807) is 12.3 Å². The number of carbonyl (C=O) groups is 1. The Balaban J connectivity index is 1.53. The molecule has 0 spiro atoms. The van der Waals surface area contributed by atoms with Crippen LogP contribution in [0.3, 0.4) is 0 Å².